The lowest BCUT2D eigenvalue weighted by Gasteiger charge is -2.22. The fraction of sp³-hybridized carbons (Fsp3) is 0.500. The van der Waals surface area contributed by atoms with Crippen molar-refractivity contribution in [1.29, 1.82) is 0 Å². The second-order valence-corrected chi connectivity index (χ2v) is 4.60. The van der Waals surface area contributed by atoms with E-state index in [9.17, 15) is 9.59 Å². The molecule has 1 fully saturated rings. The van der Waals surface area contributed by atoms with Gasteiger partial charge in [-0.25, -0.2) is 0 Å². The van der Waals surface area contributed by atoms with Crippen LogP contribution in [0.4, 0.5) is 0 Å². The van der Waals surface area contributed by atoms with Gasteiger partial charge in [0, 0.05) is 6.20 Å². The van der Waals surface area contributed by atoms with Crippen molar-refractivity contribution >= 4 is 18.5 Å². The third kappa shape index (κ3) is 2.80. The first-order valence-electron chi connectivity index (χ1n) is 5.46. The van der Waals surface area contributed by atoms with Crippen LogP contribution in [0.1, 0.15) is 29.4 Å². The predicted octanol–water partition coefficient (Wildman–Crippen LogP) is -0.973. The van der Waals surface area contributed by atoms with Gasteiger partial charge in [0.1, 0.15) is 12.3 Å². The van der Waals surface area contributed by atoms with E-state index in [0.717, 1.165) is 0 Å². The molecular formula is C10H12N2O6S. The molecule has 0 saturated carbocycles. The Kier molecular flexibility index (Phi) is 3.65. The van der Waals surface area contributed by atoms with Crippen LogP contribution in [0.25, 0.3) is 0 Å². The number of aldehydes is 1. The van der Waals surface area contributed by atoms with Crippen molar-refractivity contribution in [2.75, 3.05) is 0 Å². The topological polar surface area (TPSA) is 125 Å². The van der Waals surface area contributed by atoms with Crippen LogP contribution in [-0.4, -0.2) is 43.2 Å². The number of aromatic amines is 1. The molecule has 1 aromatic rings. The maximum Gasteiger partial charge on any atom is 0.303 e. The number of aliphatic hydroxyl groups is 3. The summed E-state index contributed by atoms with van der Waals surface area (Å²) in [6, 6.07) is 0. The molecule has 19 heavy (non-hydrogen) atoms. The minimum atomic E-state index is -2.94. The van der Waals surface area contributed by atoms with Crippen molar-refractivity contribution in [1.82, 2.24) is 9.55 Å². The van der Waals surface area contributed by atoms with Gasteiger partial charge < -0.3 is 20.1 Å². The van der Waals surface area contributed by atoms with Gasteiger partial charge in [0.15, 0.2) is 11.1 Å². The molecule has 1 aliphatic heterocycles. The average molecular weight is 288 g/mol. The molecule has 9 heteroatoms. The molecule has 0 radical (unpaired) electrons. The fourth-order valence-corrected chi connectivity index (χ4v) is 2.17. The van der Waals surface area contributed by atoms with Gasteiger partial charge in [0.05, 0.1) is 5.56 Å². The second-order valence-electron chi connectivity index (χ2n) is 4.21. The minimum absolute atomic E-state index is 0.0423. The summed E-state index contributed by atoms with van der Waals surface area (Å²) in [5.74, 6) is -2.94. The first kappa shape index (κ1) is 14.0. The molecule has 0 amide bonds. The molecule has 1 saturated heterocycles. The Balaban J connectivity index is 2.32. The highest BCUT2D eigenvalue weighted by Gasteiger charge is 2.40. The number of aromatic nitrogens is 2. The Labute approximate surface area is 111 Å². The van der Waals surface area contributed by atoms with Crippen LogP contribution in [0.2, 0.25) is 0 Å². The number of rotatable bonds is 3. The molecule has 0 aromatic carbocycles. The fourth-order valence-electron chi connectivity index (χ4n) is 1.91. The third-order valence-electron chi connectivity index (χ3n) is 2.86. The van der Waals surface area contributed by atoms with Crippen molar-refractivity contribution in [3.8, 4) is 0 Å². The summed E-state index contributed by atoms with van der Waals surface area (Å²) in [5.41, 5.74) is -0.726. The summed E-state index contributed by atoms with van der Waals surface area (Å²) >= 11 is 4.94. The van der Waals surface area contributed by atoms with Gasteiger partial charge in [-0.15, -0.1) is 0 Å². The van der Waals surface area contributed by atoms with Gasteiger partial charge in [0.2, 0.25) is 0 Å². The lowest BCUT2D eigenvalue weighted by Crippen LogP contribution is -2.41. The molecule has 1 aromatic heterocycles. The van der Waals surface area contributed by atoms with Crippen LogP contribution in [0.15, 0.2) is 11.0 Å². The quantitative estimate of drug-likeness (QED) is 0.320. The van der Waals surface area contributed by atoms with Crippen molar-refractivity contribution < 1.29 is 24.9 Å². The number of carbonyl (C=O) groups is 1. The number of nitrogens with zero attached hydrogens (tertiary/aromatic N) is 1. The van der Waals surface area contributed by atoms with Gasteiger partial charge >= 0.3 is 5.97 Å². The SMILES string of the molecule is O=Cc1cn(C2CCC(C(O)(O)O)O2)c(=S)[nH]c1=O. The van der Waals surface area contributed by atoms with E-state index in [4.69, 9.17) is 32.3 Å². The molecular weight excluding hydrogens is 276 g/mol. The standard InChI is InChI=1S/C10H12N2O6S/c13-4-5-3-12(9(19)11-8(5)14)7-2-1-6(18-7)10(15,16)17/h3-4,6-7,15-17H,1-2H2,(H,11,14,19). The first-order chi connectivity index (χ1) is 8.82. The largest absolute Gasteiger partial charge is 0.346 e. The molecule has 2 heterocycles. The highest BCUT2D eigenvalue weighted by molar-refractivity contribution is 7.71. The predicted molar refractivity (Wildman–Crippen MR) is 63.8 cm³/mol. The molecule has 2 rings (SSSR count). The molecule has 1 aliphatic rings. The zero-order valence-electron chi connectivity index (χ0n) is 9.65. The van der Waals surface area contributed by atoms with Crippen molar-refractivity contribution in [2.24, 2.45) is 0 Å². The molecule has 8 nitrogen and oxygen atoms in total. The Hall–Kier alpha value is -1.39. The lowest BCUT2D eigenvalue weighted by atomic mass is 10.2. The van der Waals surface area contributed by atoms with Crippen molar-refractivity contribution in [3.05, 3.63) is 26.9 Å². The highest BCUT2D eigenvalue weighted by atomic mass is 32.1. The van der Waals surface area contributed by atoms with Gasteiger partial charge in [-0.3, -0.25) is 19.1 Å². The number of H-pyrrole nitrogens is 1. The van der Waals surface area contributed by atoms with Crippen LogP contribution in [0, 0.1) is 4.77 Å². The molecule has 104 valence electrons. The van der Waals surface area contributed by atoms with E-state index < -0.39 is 23.9 Å². The van der Waals surface area contributed by atoms with Crippen LogP contribution < -0.4 is 5.56 Å². The number of nitrogens with one attached hydrogen (secondary N) is 1. The van der Waals surface area contributed by atoms with Gasteiger partial charge in [-0.2, -0.15) is 0 Å². The van der Waals surface area contributed by atoms with Gasteiger partial charge in [0.25, 0.3) is 5.56 Å². The van der Waals surface area contributed by atoms with E-state index in [-0.39, 0.29) is 16.8 Å². The summed E-state index contributed by atoms with van der Waals surface area (Å²) in [6.45, 7) is 0. The van der Waals surface area contributed by atoms with E-state index in [2.05, 4.69) is 4.98 Å². The Morgan fingerprint density at radius 1 is 1.47 bits per heavy atom. The van der Waals surface area contributed by atoms with E-state index in [0.29, 0.717) is 12.7 Å². The normalized spacial score (nSPS) is 23.5. The molecule has 4 N–H and O–H groups in total. The number of ether oxygens (including phenoxy) is 1. The third-order valence-corrected chi connectivity index (χ3v) is 3.17. The summed E-state index contributed by atoms with van der Waals surface area (Å²) in [5, 5.41) is 27.1. The average Bonchev–Trinajstić information content (AvgIpc) is 2.78. The summed E-state index contributed by atoms with van der Waals surface area (Å²) in [4.78, 5) is 24.3. The molecule has 2 unspecified atom stereocenters. The van der Waals surface area contributed by atoms with E-state index in [1.165, 1.54) is 10.8 Å². The minimum Gasteiger partial charge on any atom is -0.346 e. The molecule has 0 aliphatic carbocycles. The van der Waals surface area contributed by atoms with Gasteiger partial charge in [-0.05, 0) is 25.1 Å². The number of carbonyl (C=O) groups excluding carboxylic acids is 1. The van der Waals surface area contributed by atoms with E-state index in [1.807, 2.05) is 0 Å². The number of hydrogen-bond acceptors (Lipinski definition) is 7. The maximum absolute atomic E-state index is 11.3. The van der Waals surface area contributed by atoms with Crippen molar-refractivity contribution in [3.63, 3.8) is 0 Å². The Bertz CT molecular complexity index is 601. The summed E-state index contributed by atoms with van der Waals surface area (Å²) < 4.78 is 6.61. The Morgan fingerprint density at radius 3 is 2.68 bits per heavy atom. The van der Waals surface area contributed by atoms with E-state index >= 15 is 0 Å². The van der Waals surface area contributed by atoms with E-state index in [1.54, 1.807) is 0 Å². The van der Waals surface area contributed by atoms with Crippen LogP contribution >= 0.6 is 12.2 Å². The monoisotopic (exact) mass is 288 g/mol. The smallest absolute Gasteiger partial charge is 0.303 e. The highest BCUT2D eigenvalue weighted by Crippen LogP contribution is 2.31. The zero-order chi connectivity index (χ0) is 14.2. The maximum atomic E-state index is 11.3. The Morgan fingerprint density at radius 2 is 2.16 bits per heavy atom. The van der Waals surface area contributed by atoms with Crippen LogP contribution in [-0.2, 0) is 4.74 Å². The second kappa shape index (κ2) is 4.94. The molecule has 0 spiro atoms. The summed E-state index contributed by atoms with van der Waals surface area (Å²) in [7, 11) is 0. The van der Waals surface area contributed by atoms with Crippen LogP contribution in [0.3, 0.4) is 0 Å². The lowest BCUT2D eigenvalue weighted by molar-refractivity contribution is -0.360. The first-order valence-corrected chi connectivity index (χ1v) is 5.87. The molecule has 0 bridgehead atoms. The summed E-state index contributed by atoms with van der Waals surface area (Å²) in [6.07, 6.45) is 0.253. The van der Waals surface area contributed by atoms with Crippen molar-refractivity contribution in [2.45, 2.75) is 31.1 Å². The molecule has 2 atom stereocenters. The van der Waals surface area contributed by atoms with Gasteiger partial charge in [-0.1, -0.05) is 0 Å². The van der Waals surface area contributed by atoms with Crippen LogP contribution in [0.5, 0.6) is 0 Å². The zero-order valence-corrected chi connectivity index (χ0v) is 10.5. The number of hydrogen-bond donors (Lipinski definition) is 4.